The van der Waals surface area contributed by atoms with Crippen molar-refractivity contribution >= 4 is 15.8 Å². The maximum Gasteiger partial charge on any atom is 0.218 e. The SMILES string of the molecule is Cc1ccc(CS(=O)(=O)N2CCN(c3cc(-n4cccc4)ncn3)CC2)cc1. The van der Waals surface area contributed by atoms with E-state index in [1.54, 1.807) is 10.6 Å². The van der Waals surface area contributed by atoms with Crippen LogP contribution in [0.4, 0.5) is 5.82 Å². The molecule has 0 atom stereocenters. The van der Waals surface area contributed by atoms with E-state index in [0.29, 0.717) is 26.2 Å². The summed E-state index contributed by atoms with van der Waals surface area (Å²) in [5.41, 5.74) is 1.94. The summed E-state index contributed by atoms with van der Waals surface area (Å²) in [5, 5.41) is 0. The lowest BCUT2D eigenvalue weighted by atomic mass is 10.2. The summed E-state index contributed by atoms with van der Waals surface area (Å²) in [5.74, 6) is 1.65. The molecule has 1 aliphatic heterocycles. The predicted octanol–water partition coefficient (Wildman–Crippen LogP) is 2.23. The van der Waals surface area contributed by atoms with Gasteiger partial charge in [0.05, 0.1) is 5.75 Å². The molecule has 0 amide bonds. The fraction of sp³-hybridized carbons (Fsp3) is 0.300. The first-order valence-electron chi connectivity index (χ1n) is 9.25. The zero-order chi connectivity index (χ0) is 19.6. The Labute approximate surface area is 165 Å². The average molecular weight is 398 g/mol. The monoisotopic (exact) mass is 397 g/mol. The first kappa shape index (κ1) is 18.6. The predicted molar refractivity (Wildman–Crippen MR) is 109 cm³/mol. The molecule has 3 heterocycles. The highest BCUT2D eigenvalue weighted by Crippen LogP contribution is 2.19. The summed E-state index contributed by atoms with van der Waals surface area (Å²) in [6, 6.07) is 13.5. The van der Waals surface area contributed by atoms with Crippen molar-refractivity contribution in [3.63, 3.8) is 0 Å². The van der Waals surface area contributed by atoms with Gasteiger partial charge in [0.1, 0.15) is 18.0 Å². The molecule has 7 nitrogen and oxygen atoms in total. The van der Waals surface area contributed by atoms with Crippen LogP contribution in [0.5, 0.6) is 0 Å². The van der Waals surface area contributed by atoms with E-state index in [2.05, 4.69) is 14.9 Å². The van der Waals surface area contributed by atoms with Crippen LogP contribution in [0, 0.1) is 6.92 Å². The largest absolute Gasteiger partial charge is 0.354 e. The molecule has 0 aliphatic carbocycles. The van der Waals surface area contributed by atoms with E-state index < -0.39 is 10.0 Å². The molecule has 0 bridgehead atoms. The van der Waals surface area contributed by atoms with Crippen LogP contribution < -0.4 is 4.90 Å². The molecule has 28 heavy (non-hydrogen) atoms. The van der Waals surface area contributed by atoms with Crippen molar-refractivity contribution in [2.24, 2.45) is 0 Å². The van der Waals surface area contributed by atoms with Gasteiger partial charge in [-0.1, -0.05) is 29.8 Å². The second-order valence-corrected chi connectivity index (χ2v) is 8.92. The summed E-state index contributed by atoms with van der Waals surface area (Å²) in [6.45, 7) is 4.12. The smallest absolute Gasteiger partial charge is 0.218 e. The number of hydrogen-bond donors (Lipinski definition) is 0. The molecule has 0 spiro atoms. The maximum atomic E-state index is 12.8. The van der Waals surface area contributed by atoms with Gasteiger partial charge in [-0.2, -0.15) is 4.31 Å². The standard InChI is InChI=1S/C20H23N5O2S/c1-17-4-6-18(7-5-17)15-28(26,27)25-12-10-24(11-13-25)20-14-19(21-16-22-20)23-8-2-3-9-23/h2-9,14,16H,10-13,15H2,1H3. The number of hydrogen-bond acceptors (Lipinski definition) is 5. The third-order valence-electron chi connectivity index (χ3n) is 4.93. The number of aromatic nitrogens is 3. The van der Waals surface area contributed by atoms with E-state index in [4.69, 9.17) is 0 Å². The third-order valence-corrected chi connectivity index (χ3v) is 6.78. The number of sulfonamides is 1. The van der Waals surface area contributed by atoms with E-state index in [9.17, 15) is 8.42 Å². The highest BCUT2D eigenvalue weighted by Gasteiger charge is 2.27. The van der Waals surface area contributed by atoms with Crippen LogP contribution in [0.25, 0.3) is 5.82 Å². The second-order valence-electron chi connectivity index (χ2n) is 6.95. The van der Waals surface area contributed by atoms with Gasteiger partial charge in [-0.15, -0.1) is 0 Å². The molecule has 1 saturated heterocycles. The lowest BCUT2D eigenvalue weighted by Crippen LogP contribution is -2.49. The van der Waals surface area contributed by atoms with Gasteiger partial charge in [-0.3, -0.25) is 0 Å². The van der Waals surface area contributed by atoms with Crippen LogP contribution in [0.2, 0.25) is 0 Å². The van der Waals surface area contributed by atoms with Crippen molar-refractivity contribution in [1.29, 1.82) is 0 Å². The second kappa shape index (κ2) is 7.73. The minimum Gasteiger partial charge on any atom is -0.354 e. The van der Waals surface area contributed by atoms with Crippen LogP contribution in [0.15, 0.2) is 61.2 Å². The van der Waals surface area contributed by atoms with Gasteiger partial charge in [0.2, 0.25) is 10.0 Å². The summed E-state index contributed by atoms with van der Waals surface area (Å²) >= 11 is 0. The number of aryl methyl sites for hydroxylation is 1. The zero-order valence-corrected chi connectivity index (χ0v) is 16.6. The quantitative estimate of drug-likeness (QED) is 0.660. The van der Waals surface area contributed by atoms with Crippen molar-refractivity contribution in [2.75, 3.05) is 31.1 Å². The van der Waals surface area contributed by atoms with Gasteiger partial charge < -0.3 is 9.47 Å². The molecule has 0 unspecified atom stereocenters. The topological polar surface area (TPSA) is 71.3 Å². The van der Waals surface area contributed by atoms with Gasteiger partial charge in [-0.05, 0) is 24.6 Å². The molecule has 8 heteroatoms. The molecule has 2 aromatic heterocycles. The number of benzene rings is 1. The maximum absolute atomic E-state index is 12.8. The molecule has 1 aliphatic rings. The van der Waals surface area contributed by atoms with Crippen LogP contribution in [-0.4, -0.2) is 53.4 Å². The van der Waals surface area contributed by atoms with Crippen molar-refractivity contribution in [1.82, 2.24) is 18.8 Å². The van der Waals surface area contributed by atoms with Gasteiger partial charge in [0.25, 0.3) is 0 Å². The first-order valence-corrected chi connectivity index (χ1v) is 10.9. The third kappa shape index (κ3) is 4.07. The summed E-state index contributed by atoms with van der Waals surface area (Å²) in [6.07, 6.45) is 5.41. The van der Waals surface area contributed by atoms with Crippen LogP contribution in [0.3, 0.4) is 0 Å². The molecule has 0 radical (unpaired) electrons. The van der Waals surface area contributed by atoms with E-state index in [1.165, 1.54) is 0 Å². The average Bonchev–Trinajstić information content (AvgIpc) is 3.25. The highest BCUT2D eigenvalue weighted by molar-refractivity contribution is 7.88. The zero-order valence-electron chi connectivity index (χ0n) is 15.8. The Morgan fingerprint density at radius 2 is 1.57 bits per heavy atom. The van der Waals surface area contributed by atoms with Gasteiger partial charge in [0, 0.05) is 44.6 Å². The van der Waals surface area contributed by atoms with E-state index in [-0.39, 0.29) is 5.75 Å². The minimum absolute atomic E-state index is 0.0402. The van der Waals surface area contributed by atoms with Gasteiger partial charge in [0.15, 0.2) is 0 Å². The fourth-order valence-electron chi connectivity index (χ4n) is 3.32. The number of rotatable bonds is 5. The van der Waals surface area contributed by atoms with Crippen LogP contribution >= 0.6 is 0 Å². The van der Waals surface area contributed by atoms with Crippen molar-refractivity contribution < 1.29 is 8.42 Å². The molecule has 1 aromatic carbocycles. The minimum atomic E-state index is -3.33. The Hall–Kier alpha value is -2.71. The number of piperazine rings is 1. The Morgan fingerprint density at radius 3 is 2.25 bits per heavy atom. The molecular weight excluding hydrogens is 374 g/mol. The normalized spacial score (nSPS) is 15.7. The molecule has 1 fully saturated rings. The summed E-state index contributed by atoms with van der Waals surface area (Å²) in [4.78, 5) is 10.8. The Bertz CT molecular complexity index is 1020. The lowest BCUT2D eigenvalue weighted by Gasteiger charge is -2.34. The van der Waals surface area contributed by atoms with Crippen molar-refractivity contribution in [3.05, 3.63) is 72.3 Å². The highest BCUT2D eigenvalue weighted by atomic mass is 32.2. The fourth-order valence-corrected chi connectivity index (χ4v) is 4.84. The van der Waals surface area contributed by atoms with E-state index >= 15 is 0 Å². The molecular formula is C20H23N5O2S. The number of nitrogens with zero attached hydrogens (tertiary/aromatic N) is 5. The molecule has 0 N–H and O–H groups in total. The molecule has 0 saturated carbocycles. The summed E-state index contributed by atoms with van der Waals surface area (Å²) < 4.78 is 29.0. The van der Waals surface area contributed by atoms with Crippen LogP contribution in [-0.2, 0) is 15.8 Å². The van der Waals surface area contributed by atoms with E-state index in [0.717, 1.165) is 22.8 Å². The van der Waals surface area contributed by atoms with Crippen molar-refractivity contribution in [3.8, 4) is 5.82 Å². The molecule has 146 valence electrons. The van der Waals surface area contributed by atoms with Crippen molar-refractivity contribution in [2.45, 2.75) is 12.7 Å². The molecule has 3 aromatic rings. The Balaban J connectivity index is 1.42. The first-order chi connectivity index (χ1) is 13.5. The van der Waals surface area contributed by atoms with E-state index in [1.807, 2.05) is 66.3 Å². The van der Waals surface area contributed by atoms with Gasteiger partial charge in [-0.25, -0.2) is 18.4 Å². The lowest BCUT2D eigenvalue weighted by molar-refractivity contribution is 0.383. The summed E-state index contributed by atoms with van der Waals surface area (Å²) in [7, 11) is -3.33. The van der Waals surface area contributed by atoms with Crippen LogP contribution in [0.1, 0.15) is 11.1 Å². The number of anilines is 1. The Kier molecular flexibility index (Phi) is 5.15. The molecule has 4 rings (SSSR count). The van der Waals surface area contributed by atoms with Gasteiger partial charge >= 0.3 is 0 Å². The Morgan fingerprint density at radius 1 is 0.929 bits per heavy atom.